The molecule has 0 aromatic heterocycles. The highest BCUT2D eigenvalue weighted by molar-refractivity contribution is 9.10. The van der Waals surface area contributed by atoms with Gasteiger partial charge in [-0.2, -0.15) is 5.10 Å². The Bertz CT molecular complexity index is 439. The van der Waals surface area contributed by atoms with Crippen molar-refractivity contribution in [3.8, 4) is 0 Å². The lowest BCUT2D eigenvalue weighted by molar-refractivity contribution is -0.129. The molecule has 0 fully saturated rings. The highest BCUT2D eigenvalue weighted by Gasteiger charge is 2.22. The molecule has 0 N–H and O–H groups in total. The number of carbonyl (C=O) groups excluding carboxylic acids is 1. The number of hydrogen-bond acceptors (Lipinski definition) is 2. The number of amides is 1. The summed E-state index contributed by atoms with van der Waals surface area (Å²) in [6, 6.07) is 7.97. The van der Waals surface area contributed by atoms with Crippen molar-refractivity contribution < 1.29 is 4.79 Å². The van der Waals surface area contributed by atoms with Crippen LogP contribution >= 0.6 is 15.9 Å². The lowest BCUT2D eigenvalue weighted by Gasteiger charge is -2.11. The van der Waals surface area contributed by atoms with Gasteiger partial charge in [0.2, 0.25) is 5.91 Å². The number of hydrazone groups is 1. The van der Waals surface area contributed by atoms with Gasteiger partial charge in [0.15, 0.2) is 0 Å². The molecule has 1 aromatic carbocycles. The van der Waals surface area contributed by atoms with Crippen molar-refractivity contribution in [2.24, 2.45) is 5.10 Å². The highest BCUT2D eigenvalue weighted by Crippen LogP contribution is 2.17. The summed E-state index contributed by atoms with van der Waals surface area (Å²) in [6.07, 6.45) is 2.45. The molecule has 1 aromatic rings. The summed E-state index contributed by atoms with van der Waals surface area (Å²) in [4.78, 5) is 11.7. The number of hydrogen-bond donors (Lipinski definition) is 0. The fourth-order valence-corrected chi connectivity index (χ4v) is 2.11. The van der Waals surface area contributed by atoms with E-state index in [1.165, 1.54) is 0 Å². The zero-order chi connectivity index (χ0) is 12.3. The van der Waals surface area contributed by atoms with Gasteiger partial charge in [0, 0.05) is 10.2 Å². The molecule has 0 bridgehead atoms. The van der Waals surface area contributed by atoms with Crippen molar-refractivity contribution >= 4 is 27.5 Å². The largest absolute Gasteiger partial charge is 0.273 e. The van der Waals surface area contributed by atoms with Crippen LogP contribution in [0.25, 0.3) is 0 Å². The summed E-state index contributed by atoms with van der Waals surface area (Å²) in [5, 5.41) is 5.94. The van der Waals surface area contributed by atoms with Gasteiger partial charge >= 0.3 is 0 Å². The van der Waals surface area contributed by atoms with E-state index in [1.54, 1.807) is 5.01 Å². The third kappa shape index (κ3) is 3.16. The minimum atomic E-state index is 0.108. The maximum absolute atomic E-state index is 11.7. The molecular formula is C13H15BrN2O. The van der Waals surface area contributed by atoms with Crippen LogP contribution in [0.1, 0.15) is 31.7 Å². The van der Waals surface area contributed by atoms with Crippen molar-refractivity contribution in [1.82, 2.24) is 5.01 Å². The van der Waals surface area contributed by atoms with Crippen LogP contribution in [0.2, 0.25) is 0 Å². The van der Waals surface area contributed by atoms with Crippen molar-refractivity contribution in [2.45, 2.75) is 32.7 Å². The van der Waals surface area contributed by atoms with Crippen LogP contribution in [0.4, 0.5) is 0 Å². The number of rotatable bonds is 4. The van der Waals surface area contributed by atoms with Crippen molar-refractivity contribution in [1.29, 1.82) is 0 Å². The summed E-state index contributed by atoms with van der Waals surface area (Å²) in [5.74, 6) is 0.108. The molecule has 4 heteroatoms. The maximum atomic E-state index is 11.7. The standard InChI is InChI=1S/C13H15BrN2O/c1-2-3-12-8-13(17)16(15-12)9-10-4-6-11(14)7-5-10/h4-7H,2-3,8-9H2,1H3. The Balaban J connectivity index is 2.03. The topological polar surface area (TPSA) is 32.7 Å². The van der Waals surface area contributed by atoms with E-state index in [-0.39, 0.29) is 5.91 Å². The Morgan fingerprint density at radius 2 is 2.06 bits per heavy atom. The predicted octanol–water partition coefficient (Wildman–Crippen LogP) is 3.34. The molecule has 3 nitrogen and oxygen atoms in total. The summed E-state index contributed by atoms with van der Waals surface area (Å²) in [7, 11) is 0. The number of halogens is 1. The molecule has 0 saturated carbocycles. The van der Waals surface area contributed by atoms with E-state index in [4.69, 9.17) is 0 Å². The van der Waals surface area contributed by atoms with Gasteiger partial charge in [-0.05, 0) is 24.1 Å². The van der Waals surface area contributed by atoms with Gasteiger partial charge in [-0.15, -0.1) is 0 Å². The van der Waals surface area contributed by atoms with Crippen LogP contribution < -0.4 is 0 Å². The average Bonchev–Trinajstić information content (AvgIpc) is 2.63. The zero-order valence-electron chi connectivity index (χ0n) is 9.82. The normalized spacial score (nSPS) is 15.3. The van der Waals surface area contributed by atoms with Crippen LogP contribution in [-0.4, -0.2) is 16.6 Å². The minimum absolute atomic E-state index is 0.108. The first-order valence-electron chi connectivity index (χ1n) is 5.80. The molecular weight excluding hydrogens is 280 g/mol. The van der Waals surface area contributed by atoms with Crippen LogP contribution in [0.3, 0.4) is 0 Å². The predicted molar refractivity (Wildman–Crippen MR) is 71.7 cm³/mol. The molecule has 0 radical (unpaired) electrons. The molecule has 1 aliphatic rings. The Morgan fingerprint density at radius 3 is 2.71 bits per heavy atom. The molecule has 90 valence electrons. The summed E-state index contributed by atoms with van der Waals surface area (Å²) in [6.45, 7) is 2.67. The Hall–Kier alpha value is -1.16. The number of nitrogens with zero attached hydrogens (tertiary/aromatic N) is 2. The maximum Gasteiger partial charge on any atom is 0.248 e. The Morgan fingerprint density at radius 1 is 1.35 bits per heavy atom. The Labute approximate surface area is 110 Å². The fourth-order valence-electron chi connectivity index (χ4n) is 1.84. The first-order valence-corrected chi connectivity index (χ1v) is 6.59. The van der Waals surface area contributed by atoms with E-state index in [1.807, 2.05) is 24.3 Å². The molecule has 1 aliphatic heterocycles. The first-order chi connectivity index (χ1) is 8.19. The molecule has 0 saturated heterocycles. The fraction of sp³-hybridized carbons (Fsp3) is 0.385. The van der Waals surface area contributed by atoms with Crippen molar-refractivity contribution in [2.75, 3.05) is 0 Å². The second kappa shape index (κ2) is 5.45. The number of carbonyl (C=O) groups is 1. The van der Waals surface area contributed by atoms with Crippen molar-refractivity contribution in [3.63, 3.8) is 0 Å². The molecule has 0 aliphatic carbocycles. The van der Waals surface area contributed by atoms with Crippen LogP contribution in [0.15, 0.2) is 33.8 Å². The Kier molecular flexibility index (Phi) is 3.94. The second-order valence-corrected chi connectivity index (χ2v) is 5.09. The van der Waals surface area contributed by atoms with Crippen LogP contribution in [0.5, 0.6) is 0 Å². The molecule has 1 amide bonds. The van der Waals surface area contributed by atoms with E-state index in [0.29, 0.717) is 13.0 Å². The SMILES string of the molecule is CCCC1=NN(Cc2ccc(Br)cc2)C(=O)C1. The van der Waals surface area contributed by atoms with Crippen LogP contribution in [0, 0.1) is 0 Å². The lowest BCUT2D eigenvalue weighted by atomic mass is 10.2. The molecule has 0 atom stereocenters. The van der Waals surface area contributed by atoms with E-state index in [9.17, 15) is 4.79 Å². The van der Waals surface area contributed by atoms with E-state index < -0.39 is 0 Å². The molecule has 0 unspecified atom stereocenters. The van der Waals surface area contributed by atoms with Gasteiger partial charge in [0.25, 0.3) is 0 Å². The van der Waals surface area contributed by atoms with E-state index in [0.717, 1.165) is 28.6 Å². The van der Waals surface area contributed by atoms with Gasteiger partial charge in [0.1, 0.15) is 0 Å². The average molecular weight is 295 g/mol. The van der Waals surface area contributed by atoms with Crippen molar-refractivity contribution in [3.05, 3.63) is 34.3 Å². The van der Waals surface area contributed by atoms with E-state index in [2.05, 4.69) is 28.0 Å². The van der Waals surface area contributed by atoms with E-state index >= 15 is 0 Å². The van der Waals surface area contributed by atoms with Gasteiger partial charge < -0.3 is 0 Å². The first kappa shape index (κ1) is 12.3. The van der Waals surface area contributed by atoms with Crippen LogP contribution in [-0.2, 0) is 11.3 Å². The quantitative estimate of drug-likeness (QED) is 0.838. The molecule has 2 rings (SSSR count). The summed E-state index contributed by atoms with van der Waals surface area (Å²) in [5.41, 5.74) is 2.11. The highest BCUT2D eigenvalue weighted by atomic mass is 79.9. The van der Waals surface area contributed by atoms with Gasteiger partial charge in [-0.25, -0.2) is 5.01 Å². The number of benzene rings is 1. The zero-order valence-corrected chi connectivity index (χ0v) is 11.4. The van der Waals surface area contributed by atoms with Gasteiger partial charge in [-0.3, -0.25) is 4.79 Å². The van der Waals surface area contributed by atoms with Gasteiger partial charge in [-0.1, -0.05) is 41.4 Å². The summed E-state index contributed by atoms with van der Waals surface area (Å²) >= 11 is 3.39. The molecule has 1 heterocycles. The second-order valence-electron chi connectivity index (χ2n) is 4.17. The third-order valence-electron chi connectivity index (χ3n) is 2.69. The minimum Gasteiger partial charge on any atom is -0.273 e. The lowest BCUT2D eigenvalue weighted by Crippen LogP contribution is -2.19. The van der Waals surface area contributed by atoms with Gasteiger partial charge in [0.05, 0.1) is 13.0 Å². The molecule has 0 spiro atoms. The summed E-state index contributed by atoms with van der Waals surface area (Å²) < 4.78 is 1.05. The monoisotopic (exact) mass is 294 g/mol. The third-order valence-corrected chi connectivity index (χ3v) is 3.22. The smallest absolute Gasteiger partial charge is 0.248 e. The molecule has 17 heavy (non-hydrogen) atoms.